The third-order valence-electron chi connectivity index (χ3n) is 2.21. The number of methoxy groups -OCH3 is 1. The molecule has 0 radical (unpaired) electrons. The van der Waals surface area contributed by atoms with E-state index in [9.17, 15) is 0 Å². The molecule has 0 saturated carbocycles. The highest BCUT2D eigenvalue weighted by Gasteiger charge is 2.03. The monoisotopic (exact) mass is 246 g/mol. The smallest absolute Gasteiger partial charge is 0.322 e. The third kappa shape index (κ3) is 3.27. The number of rotatable bonds is 5. The molecule has 0 aliphatic heterocycles. The lowest BCUT2D eigenvalue weighted by molar-refractivity contribution is 0.379. The van der Waals surface area contributed by atoms with Gasteiger partial charge < -0.3 is 15.8 Å². The molecule has 0 spiro atoms. The molecule has 0 fully saturated rings. The first-order valence-corrected chi connectivity index (χ1v) is 5.47. The molecule has 2 heterocycles. The standard InChI is InChI=1S/C11H14N6O/c1-18-11-16-9(12)15-10(17-11)14-7-5-8-4-2-3-6-13-8/h2-4,6H,5,7H2,1H3,(H3,12,14,15,16,17). The summed E-state index contributed by atoms with van der Waals surface area (Å²) in [6, 6.07) is 5.99. The van der Waals surface area contributed by atoms with Gasteiger partial charge in [-0.15, -0.1) is 0 Å². The molecule has 2 aromatic heterocycles. The van der Waals surface area contributed by atoms with Crippen LogP contribution < -0.4 is 15.8 Å². The Morgan fingerprint density at radius 3 is 2.89 bits per heavy atom. The van der Waals surface area contributed by atoms with E-state index in [1.165, 1.54) is 7.11 Å². The van der Waals surface area contributed by atoms with Crippen LogP contribution in [0.25, 0.3) is 0 Å². The van der Waals surface area contributed by atoms with Crippen molar-refractivity contribution in [1.82, 2.24) is 19.9 Å². The van der Waals surface area contributed by atoms with Gasteiger partial charge in [0.25, 0.3) is 0 Å². The number of anilines is 2. The molecule has 0 aliphatic rings. The second-order valence-corrected chi connectivity index (χ2v) is 3.50. The van der Waals surface area contributed by atoms with Gasteiger partial charge in [0.15, 0.2) is 0 Å². The molecule has 18 heavy (non-hydrogen) atoms. The molecule has 0 bridgehead atoms. The quantitative estimate of drug-likeness (QED) is 0.793. The van der Waals surface area contributed by atoms with Crippen molar-refractivity contribution in [1.29, 1.82) is 0 Å². The number of nitrogens with zero attached hydrogens (tertiary/aromatic N) is 4. The van der Waals surface area contributed by atoms with Crippen LogP contribution in [0.5, 0.6) is 6.01 Å². The Hall–Kier alpha value is -2.44. The lowest BCUT2D eigenvalue weighted by atomic mass is 10.3. The van der Waals surface area contributed by atoms with E-state index in [0.29, 0.717) is 12.5 Å². The Labute approximate surface area is 104 Å². The largest absolute Gasteiger partial charge is 0.467 e. The van der Waals surface area contributed by atoms with Gasteiger partial charge in [-0.25, -0.2) is 0 Å². The maximum Gasteiger partial charge on any atom is 0.322 e. The Morgan fingerprint density at radius 2 is 2.17 bits per heavy atom. The second kappa shape index (κ2) is 5.76. The lowest BCUT2D eigenvalue weighted by Crippen LogP contribution is -2.11. The van der Waals surface area contributed by atoms with Gasteiger partial charge in [0.2, 0.25) is 11.9 Å². The zero-order valence-corrected chi connectivity index (χ0v) is 10.00. The number of nitrogens with one attached hydrogen (secondary N) is 1. The minimum atomic E-state index is 0.127. The van der Waals surface area contributed by atoms with Gasteiger partial charge in [0.05, 0.1) is 7.11 Å². The van der Waals surface area contributed by atoms with Gasteiger partial charge in [0.1, 0.15) is 0 Å². The predicted molar refractivity (Wildman–Crippen MR) is 67.2 cm³/mol. The minimum Gasteiger partial charge on any atom is -0.467 e. The van der Waals surface area contributed by atoms with E-state index in [1.54, 1.807) is 6.20 Å². The third-order valence-corrected chi connectivity index (χ3v) is 2.21. The van der Waals surface area contributed by atoms with Crippen molar-refractivity contribution >= 4 is 11.9 Å². The molecule has 7 nitrogen and oxygen atoms in total. The number of nitrogens with two attached hydrogens (primary N) is 1. The first-order valence-electron chi connectivity index (χ1n) is 5.47. The van der Waals surface area contributed by atoms with E-state index < -0.39 is 0 Å². The topological polar surface area (TPSA) is 98.8 Å². The molecule has 2 rings (SSSR count). The summed E-state index contributed by atoms with van der Waals surface area (Å²) in [5, 5.41) is 3.05. The van der Waals surface area contributed by atoms with Crippen molar-refractivity contribution in [3.63, 3.8) is 0 Å². The lowest BCUT2D eigenvalue weighted by Gasteiger charge is -2.06. The number of nitrogen functional groups attached to an aromatic ring is 1. The minimum absolute atomic E-state index is 0.127. The van der Waals surface area contributed by atoms with Crippen molar-refractivity contribution in [3.8, 4) is 6.01 Å². The van der Waals surface area contributed by atoms with Gasteiger partial charge in [-0.1, -0.05) is 6.07 Å². The van der Waals surface area contributed by atoms with Crippen LogP contribution in [0.4, 0.5) is 11.9 Å². The van der Waals surface area contributed by atoms with E-state index in [1.807, 2.05) is 18.2 Å². The van der Waals surface area contributed by atoms with Crippen LogP contribution in [0.1, 0.15) is 5.69 Å². The normalized spacial score (nSPS) is 10.1. The average molecular weight is 246 g/mol. The Kier molecular flexibility index (Phi) is 3.85. The summed E-state index contributed by atoms with van der Waals surface area (Å²) in [7, 11) is 1.48. The molecule has 2 aromatic rings. The first kappa shape index (κ1) is 12.0. The summed E-state index contributed by atoms with van der Waals surface area (Å²) in [6.45, 7) is 0.656. The SMILES string of the molecule is COc1nc(N)nc(NCCc2ccccn2)n1. The summed E-state index contributed by atoms with van der Waals surface area (Å²) in [4.78, 5) is 16.0. The fraction of sp³-hybridized carbons (Fsp3) is 0.273. The van der Waals surface area contributed by atoms with Crippen LogP contribution >= 0.6 is 0 Å². The van der Waals surface area contributed by atoms with Crippen LogP contribution in [0.3, 0.4) is 0 Å². The van der Waals surface area contributed by atoms with E-state index in [4.69, 9.17) is 10.5 Å². The number of pyridine rings is 1. The van der Waals surface area contributed by atoms with Crippen molar-refractivity contribution in [2.24, 2.45) is 0 Å². The van der Waals surface area contributed by atoms with Gasteiger partial charge >= 0.3 is 6.01 Å². The van der Waals surface area contributed by atoms with Crippen molar-refractivity contribution < 1.29 is 4.74 Å². The molecular weight excluding hydrogens is 232 g/mol. The highest BCUT2D eigenvalue weighted by molar-refractivity contribution is 5.32. The maximum atomic E-state index is 5.52. The number of hydrogen-bond acceptors (Lipinski definition) is 7. The Morgan fingerprint density at radius 1 is 1.28 bits per heavy atom. The fourth-order valence-corrected chi connectivity index (χ4v) is 1.39. The molecule has 3 N–H and O–H groups in total. The van der Waals surface area contributed by atoms with Crippen LogP contribution in [-0.4, -0.2) is 33.6 Å². The number of hydrogen-bond donors (Lipinski definition) is 2. The van der Waals surface area contributed by atoms with Crippen LogP contribution in [0.2, 0.25) is 0 Å². The van der Waals surface area contributed by atoms with Gasteiger partial charge in [-0.2, -0.15) is 15.0 Å². The van der Waals surface area contributed by atoms with Crippen LogP contribution in [-0.2, 0) is 6.42 Å². The predicted octanol–water partition coefficient (Wildman–Crippen LogP) is 0.512. The molecular formula is C11H14N6O. The highest BCUT2D eigenvalue weighted by Crippen LogP contribution is 2.08. The summed E-state index contributed by atoms with van der Waals surface area (Å²) in [5.74, 6) is 0.525. The van der Waals surface area contributed by atoms with Gasteiger partial charge in [0, 0.05) is 24.9 Å². The molecule has 0 saturated heterocycles. The van der Waals surface area contributed by atoms with E-state index in [2.05, 4.69) is 25.3 Å². The van der Waals surface area contributed by atoms with Crippen molar-refractivity contribution in [3.05, 3.63) is 30.1 Å². The van der Waals surface area contributed by atoms with E-state index in [-0.39, 0.29) is 12.0 Å². The van der Waals surface area contributed by atoms with E-state index in [0.717, 1.165) is 12.1 Å². The van der Waals surface area contributed by atoms with Crippen LogP contribution in [0, 0.1) is 0 Å². The molecule has 0 amide bonds. The van der Waals surface area contributed by atoms with Gasteiger partial charge in [-0.3, -0.25) is 4.98 Å². The molecule has 94 valence electrons. The Balaban J connectivity index is 1.92. The summed E-state index contributed by atoms with van der Waals surface area (Å²) >= 11 is 0. The zero-order chi connectivity index (χ0) is 12.8. The molecule has 0 atom stereocenters. The summed E-state index contributed by atoms with van der Waals surface area (Å²) in [6.07, 6.45) is 2.54. The fourth-order valence-electron chi connectivity index (χ4n) is 1.39. The number of ether oxygens (including phenoxy) is 1. The number of aromatic nitrogens is 4. The van der Waals surface area contributed by atoms with Gasteiger partial charge in [-0.05, 0) is 12.1 Å². The summed E-state index contributed by atoms with van der Waals surface area (Å²) in [5.41, 5.74) is 6.52. The van der Waals surface area contributed by atoms with Crippen molar-refractivity contribution in [2.45, 2.75) is 6.42 Å². The zero-order valence-electron chi connectivity index (χ0n) is 10.00. The molecule has 7 heteroatoms. The Bertz CT molecular complexity index is 504. The maximum absolute atomic E-state index is 5.52. The molecule has 0 aromatic carbocycles. The van der Waals surface area contributed by atoms with E-state index >= 15 is 0 Å². The van der Waals surface area contributed by atoms with Crippen molar-refractivity contribution in [2.75, 3.05) is 24.7 Å². The second-order valence-electron chi connectivity index (χ2n) is 3.50. The first-order chi connectivity index (χ1) is 8.78. The molecule has 0 unspecified atom stereocenters. The van der Waals surface area contributed by atoms with Crippen LogP contribution in [0.15, 0.2) is 24.4 Å². The molecule has 0 aliphatic carbocycles. The summed E-state index contributed by atoms with van der Waals surface area (Å²) < 4.78 is 4.91. The average Bonchev–Trinajstić information content (AvgIpc) is 2.39. The highest BCUT2D eigenvalue weighted by atomic mass is 16.5.